The van der Waals surface area contributed by atoms with Crippen molar-refractivity contribution in [3.63, 3.8) is 0 Å². The first-order chi connectivity index (χ1) is 14.7. The molecule has 2 N–H and O–H groups in total. The maximum Gasteiger partial charge on any atom is 0.266 e. The predicted octanol–water partition coefficient (Wildman–Crippen LogP) is 0.638. The van der Waals surface area contributed by atoms with E-state index in [9.17, 15) is 9.59 Å². The van der Waals surface area contributed by atoms with Gasteiger partial charge in [-0.3, -0.25) is 9.59 Å². The number of nitrogens with one attached hydrogen (secondary N) is 2. The fraction of sp³-hybridized carbons (Fsp3) is 0.391. The van der Waals surface area contributed by atoms with Crippen molar-refractivity contribution in [3.05, 3.63) is 53.6 Å². The Morgan fingerprint density at radius 3 is 2.83 bits per heavy atom. The quantitative estimate of drug-likeness (QED) is 0.779. The molecular weight excluding hydrogens is 382 g/mol. The molecule has 0 aliphatic carbocycles. The molecule has 1 saturated heterocycles. The molecule has 3 aliphatic heterocycles. The van der Waals surface area contributed by atoms with Gasteiger partial charge in [0.1, 0.15) is 18.0 Å². The van der Waals surface area contributed by atoms with Crippen molar-refractivity contribution in [1.82, 2.24) is 4.90 Å². The molecule has 0 unspecified atom stereocenters. The molecule has 0 radical (unpaired) electrons. The third kappa shape index (κ3) is 3.85. The van der Waals surface area contributed by atoms with Crippen molar-refractivity contribution in [2.75, 3.05) is 38.1 Å². The van der Waals surface area contributed by atoms with Gasteiger partial charge in [-0.2, -0.15) is 0 Å². The van der Waals surface area contributed by atoms with Crippen LogP contribution in [0.15, 0.2) is 42.5 Å². The van der Waals surface area contributed by atoms with Gasteiger partial charge in [0, 0.05) is 12.0 Å². The number of para-hydroxylation sites is 2. The predicted molar refractivity (Wildman–Crippen MR) is 111 cm³/mol. The summed E-state index contributed by atoms with van der Waals surface area (Å²) in [5.74, 6) is 1.35. The Bertz CT molecular complexity index is 969. The van der Waals surface area contributed by atoms with E-state index < -0.39 is 6.10 Å². The van der Waals surface area contributed by atoms with Crippen molar-refractivity contribution in [2.45, 2.75) is 25.5 Å². The van der Waals surface area contributed by atoms with Crippen LogP contribution in [0.2, 0.25) is 0 Å². The molecule has 0 bridgehead atoms. The topological polar surface area (TPSA) is 72.3 Å². The molecule has 0 saturated carbocycles. The van der Waals surface area contributed by atoms with Gasteiger partial charge < -0.3 is 24.6 Å². The van der Waals surface area contributed by atoms with Crippen molar-refractivity contribution in [1.29, 1.82) is 0 Å². The van der Waals surface area contributed by atoms with Gasteiger partial charge in [0.2, 0.25) is 5.91 Å². The standard InChI is InChI=1S/C23H25N3O4/c27-22(14-21-23(28)24-18-3-1-2-4-20(18)30-21)26-10-8-25(9-11-26)15-16-5-6-19-17(13-16)7-12-29-19/h1-6,13,21H,7-12,14-15H2,(H,24,28)/p+1/t21-/m0/s1. The lowest BCUT2D eigenvalue weighted by Crippen LogP contribution is -3.13. The van der Waals surface area contributed by atoms with Crippen molar-refractivity contribution < 1.29 is 24.0 Å². The van der Waals surface area contributed by atoms with E-state index in [-0.39, 0.29) is 18.2 Å². The normalized spacial score (nSPS) is 20.6. The van der Waals surface area contributed by atoms with Crippen LogP contribution in [0.25, 0.3) is 0 Å². The molecule has 156 valence electrons. The summed E-state index contributed by atoms with van der Waals surface area (Å²) in [5, 5.41) is 2.82. The highest BCUT2D eigenvalue weighted by Crippen LogP contribution is 2.30. The Morgan fingerprint density at radius 1 is 1.13 bits per heavy atom. The van der Waals surface area contributed by atoms with Gasteiger partial charge in [0.15, 0.2) is 6.10 Å². The molecule has 1 atom stereocenters. The summed E-state index contributed by atoms with van der Waals surface area (Å²) in [6, 6.07) is 13.8. The zero-order valence-corrected chi connectivity index (χ0v) is 16.9. The molecule has 2 amide bonds. The molecule has 3 aliphatic rings. The number of benzene rings is 2. The van der Waals surface area contributed by atoms with E-state index in [1.165, 1.54) is 16.0 Å². The van der Waals surface area contributed by atoms with Crippen LogP contribution in [0.1, 0.15) is 17.5 Å². The highest BCUT2D eigenvalue weighted by atomic mass is 16.5. The number of anilines is 1. The second kappa shape index (κ2) is 7.99. The lowest BCUT2D eigenvalue weighted by atomic mass is 10.1. The smallest absolute Gasteiger partial charge is 0.266 e. The number of ether oxygens (including phenoxy) is 2. The first-order valence-corrected chi connectivity index (χ1v) is 10.6. The fourth-order valence-electron chi connectivity index (χ4n) is 4.40. The number of amides is 2. The van der Waals surface area contributed by atoms with Gasteiger partial charge in [-0.05, 0) is 35.9 Å². The van der Waals surface area contributed by atoms with Gasteiger partial charge >= 0.3 is 0 Å². The van der Waals surface area contributed by atoms with E-state index in [2.05, 4.69) is 23.5 Å². The molecule has 30 heavy (non-hydrogen) atoms. The van der Waals surface area contributed by atoms with Gasteiger partial charge in [-0.25, -0.2) is 0 Å². The lowest BCUT2D eigenvalue weighted by molar-refractivity contribution is -0.917. The zero-order chi connectivity index (χ0) is 20.5. The van der Waals surface area contributed by atoms with Crippen LogP contribution in [-0.2, 0) is 22.6 Å². The highest BCUT2D eigenvalue weighted by molar-refractivity contribution is 5.99. The summed E-state index contributed by atoms with van der Waals surface area (Å²) >= 11 is 0. The molecule has 2 aromatic carbocycles. The van der Waals surface area contributed by atoms with E-state index in [0.29, 0.717) is 24.5 Å². The van der Waals surface area contributed by atoms with Crippen LogP contribution in [-0.4, -0.2) is 55.6 Å². The third-order valence-electron chi connectivity index (χ3n) is 6.10. The highest BCUT2D eigenvalue weighted by Gasteiger charge is 2.32. The Morgan fingerprint density at radius 2 is 1.97 bits per heavy atom. The average molecular weight is 408 g/mol. The molecule has 7 heteroatoms. The number of piperazine rings is 1. The summed E-state index contributed by atoms with van der Waals surface area (Å²) in [6.07, 6.45) is 0.286. The van der Waals surface area contributed by atoms with E-state index >= 15 is 0 Å². The number of hydrogen-bond donors (Lipinski definition) is 2. The summed E-state index contributed by atoms with van der Waals surface area (Å²) in [4.78, 5) is 28.4. The number of quaternary nitrogens is 1. The summed E-state index contributed by atoms with van der Waals surface area (Å²) in [7, 11) is 0. The van der Waals surface area contributed by atoms with Crippen LogP contribution in [0, 0.1) is 0 Å². The van der Waals surface area contributed by atoms with Crippen LogP contribution in [0.5, 0.6) is 11.5 Å². The Balaban J connectivity index is 1.13. The SMILES string of the molecule is O=C1Nc2ccccc2O[C@H]1CC(=O)N1CC[NH+](Cc2ccc3c(c2)CCO3)CC1. The Labute approximate surface area is 175 Å². The van der Waals surface area contributed by atoms with Crippen molar-refractivity contribution >= 4 is 17.5 Å². The second-order valence-electron chi connectivity index (χ2n) is 8.14. The number of nitrogens with zero attached hydrogens (tertiary/aromatic N) is 1. The van der Waals surface area contributed by atoms with Crippen LogP contribution in [0.3, 0.4) is 0 Å². The molecule has 3 heterocycles. The zero-order valence-electron chi connectivity index (χ0n) is 16.9. The van der Waals surface area contributed by atoms with Crippen molar-refractivity contribution in [2.24, 2.45) is 0 Å². The van der Waals surface area contributed by atoms with E-state index in [1.54, 1.807) is 12.1 Å². The van der Waals surface area contributed by atoms with Crippen LogP contribution >= 0.6 is 0 Å². The molecule has 7 nitrogen and oxygen atoms in total. The molecule has 0 aromatic heterocycles. The van der Waals surface area contributed by atoms with Gasteiger partial charge in [-0.1, -0.05) is 12.1 Å². The lowest BCUT2D eigenvalue weighted by Gasteiger charge is -2.33. The van der Waals surface area contributed by atoms with E-state index in [4.69, 9.17) is 9.47 Å². The van der Waals surface area contributed by atoms with Crippen LogP contribution < -0.4 is 19.7 Å². The second-order valence-corrected chi connectivity index (χ2v) is 8.14. The number of hydrogen-bond acceptors (Lipinski definition) is 4. The average Bonchev–Trinajstić information content (AvgIpc) is 3.23. The molecular formula is C23H26N3O4+. The Hall–Kier alpha value is -3.06. The minimum Gasteiger partial charge on any atom is -0.493 e. The first-order valence-electron chi connectivity index (χ1n) is 10.6. The molecule has 1 fully saturated rings. The minimum absolute atomic E-state index is 0.0248. The summed E-state index contributed by atoms with van der Waals surface area (Å²) < 4.78 is 11.4. The number of fused-ring (bicyclic) bond motifs is 2. The monoisotopic (exact) mass is 408 g/mol. The van der Waals surface area contributed by atoms with Gasteiger partial charge in [-0.15, -0.1) is 0 Å². The summed E-state index contributed by atoms with van der Waals surface area (Å²) in [6.45, 7) is 4.95. The van der Waals surface area contributed by atoms with E-state index in [1.807, 2.05) is 17.0 Å². The van der Waals surface area contributed by atoms with Crippen LogP contribution in [0.4, 0.5) is 5.69 Å². The summed E-state index contributed by atoms with van der Waals surface area (Å²) in [5.41, 5.74) is 3.27. The molecule has 5 rings (SSSR count). The van der Waals surface area contributed by atoms with Gasteiger partial charge in [0.05, 0.1) is 44.9 Å². The molecule has 2 aromatic rings. The first kappa shape index (κ1) is 18.9. The largest absolute Gasteiger partial charge is 0.493 e. The van der Waals surface area contributed by atoms with Gasteiger partial charge in [0.25, 0.3) is 5.91 Å². The molecule has 0 spiro atoms. The fourth-order valence-corrected chi connectivity index (χ4v) is 4.40. The van der Waals surface area contributed by atoms with E-state index in [0.717, 1.165) is 38.4 Å². The minimum atomic E-state index is -0.772. The van der Waals surface area contributed by atoms with Crippen molar-refractivity contribution in [3.8, 4) is 11.5 Å². The Kier molecular flexibility index (Phi) is 5.04. The number of carbonyl (C=O) groups excluding carboxylic acids is 2. The number of rotatable bonds is 4. The maximum atomic E-state index is 12.8. The third-order valence-corrected chi connectivity index (χ3v) is 6.10. The number of carbonyl (C=O) groups is 2. The maximum absolute atomic E-state index is 12.8.